The van der Waals surface area contributed by atoms with Gasteiger partial charge in [0.25, 0.3) is 0 Å². The van der Waals surface area contributed by atoms with Gasteiger partial charge in [-0.15, -0.1) is 0 Å². The van der Waals surface area contributed by atoms with Gasteiger partial charge in [-0.2, -0.15) is 9.79 Å². The van der Waals surface area contributed by atoms with E-state index in [9.17, 15) is 14.2 Å². The first kappa shape index (κ1) is 11.4. The molecule has 0 saturated heterocycles. The molecule has 0 aliphatic rings. The minimum atomic E-state index is -3.17. The first-order chi connectivity index (χ1) is 6.47. The molecule has 0 aliphatic carbocycles. The molecular formula is C5H8N2O5P2+2. The van der Waals surface area contributed by atoms with Crippen molar-refractivity contribution in [1.29, 1.82) is 0 Å². The van der Waals surface area contributed by atoms with Crippen molar-refractivity contribution in [3.63, 3.8) is 0 Å². The third-order valence-corrected chi connectivity index (χ3v) is 4.10. The molecule has 1 aromatic rings. The molecule has 7 nitrogen and oxygen atoms in total. The Labute approximate surface area is 80.8 Å². The van der Waals surface area contributed by atoms with Crippen LogP contribution in [0.5, 0.6) is 0 Å². The molecular weight excluding hydrogens is 230 g/mol. The minimum Gasteiger partial charge on any atom is -0.325 e. The zero-order valence-corrected chi connectivity index (χ0v) is 8.68. The highest BCUT2D eigenvalue weighted by atomic mass is 31.2. The fourth-order valence-electron chi connectivity index (χ4n) is 0.819. The monoisotopic (exact) mass is 238 g/mol. The van der Waals surface area contributed by atoms with Crippen molar-refractivity contribution in [2.45, 2.75) is 11.6 Å². The van der Waals surface area contributed by atoms with Gasteiger partial charge in [0.15, 0.2) is 6.54 Å². The average molecular weight is 238 g/mol. The minimum absolute atomic E-state index is 0.454. The van der Waals surface area contributed by atoms with Gasteiger partial charge in [0.1, 0.15) is 0 Å². The zero-order valence-electron chi connectivity index (χ0n) is 6.89. The molecule has 0 bridgehead atoms. The Morgan fingerprint density at radius 1 is 1.36 bits per heavy atom. The number of hydrogen-bond acceptors (Lipinski definition) is 4. The first-order valence-electron chi connectivity index (χ1n) is 3.47. The lowest BCUT2D eigenvalue weighted by molar-refractivity contribution is 0.163. The molecule has 14 heavy (non-hydrogen) atoms. The zero-order chi connectivity index (χ0) is 10.8. The third-order valence-electron chi connectivity index (χ3n) is 1.57. The van der Waals surface area contributed by atoms with E-state index in [1.807, 2.05) is 0 Å². The van der Waals surface area contributed by atoms with Gasteiger partial charge >= 0.3 is 21.1 Å². The molecule has 76 valence electrons. The molecule has 2 atom stereocenters. The predicted molar refractivity (Wildman–Crippen MR) is 46.8 cm³/mol. The summed E-state index contributed by atoms with van der Waals surface area (Å²) >= 11 is 0. The maximum absolute atomic E-state index is 10.7. The lowest BCUT2D eigenvalue weighted by atomic mass is 10.6. The van der Waals surface area contributed by atoms with Gasteiger partial charge in [-0.25, -0.2) is 4.98 Å². The molecule has 0 spiro atoms. The van der Waals surface area contributed by atoms with E-state index in [1.54, 1.807) is 0 Å². The number of hydrogen-bond donors (Lipinski definition) is 3. The van der Waals surface area contributed by atoms with Crippen LogP contribution in [0.2, 0.25) is 0 Å². The highest BCUT2D eigenvalue weighted by molar-refractivity contribution is 7.59. The Morgan fingerprint density at radius 3 is 2.29 bits per heavy atom. The van der Waals surface area contributed by atoms with Crippen LogP contribution < -0.4 is 0 Å². The summed E-state index contributed by atoms with van der Waals surface area (Å²) in [6.45, 7) is -0.454. The van der Waals surface area contributed by atoms with Gasteiger partial charge in [-0.05, 0) is 9.13 Å². The largest absolute Gasteiger partial charge is 0.602 e. The lowest BCUT2D eigenvalue weighted by Crippen LogP contribution is -2.25. The predicted octanol–water partition coefficient (Wildman–Crippen LogP) is -0.00140. The summed E-state index contributed by atoms with van der Waals surface area (Å²) in [5.41, 5.74) is 0. The Bertz CT molecular complexity index is 337. The van der Waals surface area contributed by atoms with Crippen molar-refractivity contribution in [3.8, 4) is 0 Å². The third kappa shape index (κ3) is 2.20. The summed E-state index contributed by atoms with van der Waals surface area (Å²) in [7, 11) is -6.33. The van der Waals surface area contributed by atoms with Crippen LogP contribution >= 0.6 is 16.1 Å². The molecule has 3 N–H and O–H groups in total. The highest BCUT2D eigenvalue weighted by Gasteiger charge is 2.67. The Balaban J connectivity index is 2.91. The van der Waals surface area contributed by atoms with Gasteiger partial charge in [0.05, 0.1) is 6.33 Å². The maximum atomic E-state index is 10.7. The van der Waals surface area contributed by atoms with Crippen LogP contribution in [0.25, 0.3) is 0 Å². The topological polar surface area (TPSA) is 113 Å². The molecule has 1 rings (SSSR count). The average Bonchev–Trinajstić information content (AvgIpc) is 2.55. The van der Waals surface area contributed by atoms with E-state index < -0.39 is 27.7 Å². The smallest absolute Gasteiger partial charge is 0.325 e. The number of nitrogens with zero attached hydrogens (tertiary/aromatic N) is 2. The van der Waals surface area contributed by atoms with Crippen molar-refractivity contribution in [1.82, 2.24) is 9.55 Å². The van der Waals surface area contributed by atoms with Gasteiger partial charge in [0, 0.05) is 12.4 Å². The normalized spacial score (nSPS) is 17.4. The van der Waals surface area contributed by atoms with E-state index in [1.165, 1.54) is 23.3 Å². The van der Waals surface area contributed by atoms with Crippen molar-refractivity contribution < 1.29 is 24.0 Å². The number of aromatic nitrogens is 2. The second kappa shape index (κ2) is 4.21. The molecule has 0 fully saturated rings. The Hall–Kier alpha value is -0.710. The van der Waals surface area contributed by atoms with Crippen molar-refractivity contribution >= 4 is 16.1 Å². The Morgan fingerprint density at radius 2 is 1.93 bits per heavy atom. The van der Waals surface area contributed by atoms with Crippen LogP contribution in [0.4, 0.5) is 0 Å². The second-order valence-corrected chi connectivity index (χ2v) is 5.48. The molecule has 1 heterocycles. The van der Waals surface area contributed by atoms with E-state index in [0.29, 0.717) is 0 Å². The fraction of sp³-hybridized carbons (Fsp3) is 0.400. The SMILES string of the molecule is O=[P+](O)C(O)(Cn1ccnc1)[P+](=O)O. The number of aliphatic hydroxyl groups is 1. The summed E-state index contributed by atoms with van der Waals surface area (Å²) in [4.78, 5) is 21.1. The molecule has 1 aromatic heterocycles. The summed E-state index contributed by atoms with van der Waals surface area (Å²) in [5.74, 6) is 0. The highest BCUT2D eigenvalue weighted by Crippen LogP contribution is 2.50. The summed E-state index contributed by atoms with van der Waals surface area (Å²) in [6, 6.07) is 0. The molecule has 0 amide bonds. The summed E-state index contributed by atoms with van der Waals surface area (Å²) < 4.78 is 22.7. The van der Waals surface area contributed by atoms with E-state index in [0.717, 1.165) is 0 Å². The van der Waals surface area contributed by atoms with E-state index in [2.05, 4.69) is 4.98 Å². The van der Waals surface area contributed by atoms with Crippen LogP contribution in [0, 0.1) is 0 Å². The molecule has 0 radical (unpaired) electrons. The van der Waals surface area contributed by atoms with Gasteiger partial charge in [0.2, 0.25) is 0 Å². The van der Waals surface area contributed by atoms with Crippen LogP contribution in [0.15, 0.2) is 18.7 Å². The van der Waals surface area contributed by atoms with Crippen LogP contribution in [0.1, 0.15) is 0 Å². The molecule has 0 aliphatic heterocycles. The van der Waals surface area contributed by atoms with Crippen LogP contribution in [-0.4, -0.2) is 29.5 Å². The molecule has 9 heteroatoms. The van der Waals surface area contributed by atoms with Gasteiger partial charge in [-0.1, -0.05) is 0 Å². The van der Waals surface area contributed by atoms with Crippen molar-refractivity contribution in [3.05, 3.63) is 18.7 Å². The quantitative estimate of drug-likeness (QED) is 0.636. The molecule has 2 unspecified atom stereocenters. The number of rotatable bonds is 4. The van der Waals surface area contributed by atoms with E-state index >= 15 is 0 Å². The van der Waals surface area contributed by atoms with E-state index in [-0.39, 0.29) is 0 Å². The molecule has 0 saturated carbocycles. The van der Waals surface area contributed by atoms with Crippen molar-refractivity contribution in [2.24, 2.45) is 0 Å². The van der Waals surface area contributed by atoms with Crippen molar-refractivity contribution in [2.75, 3.05) is 0 Å². The molecule has 0 aromatic carbocycles. The maximum Gasteiger partial charge on any atom is 0.602 e. The van der Waals surface area contributed by atoms with Gasteiger partial charge in [-0.3, -0.25) is 0 Å². The van der Waals surface area contributed by atoms with E-state index in [4.69, 9.17) is 9.79 Å². The standard InChI is InChI=1S/C5H6N2O5P2/c8-5(13(9)10,14(11)12)3-7-2-1-6-4-7/h1-2,4,8H,3H2/p+2. The Kier molecular flexibility index (Phi) is 3.42. The summed E-state index contributed by atoms with van der Waals surface area (Å²) in [6.07, 6.45) is 4.06. The number of imidazole rings is 1. The first-order valence-corrected chi connectivity index (χ1v) is 5.90. The summed E-state index contributed by atoms with van der Waals surface area (Å²) in [5, 5.41) is 6.90. The lowest BCUT2D eigenvalue weighted by Gasteiger charge is -2.02. The fourth-order valence-corrected chi connectivity index (χ4v) is 1.97. The van der Waals surface area contributed by atoms with Crippen LogP contribution in [0.3, 0.4) is 0 Å². The van der Waals surface area contributed by atoms with Gasteiger partial charge < -0.3 is 9.67 Å². The second-order valence-electron chi connectivity index (χ2n) is 2.56. The van der Waals surface area contributed by atoms with Crippen LogP contribution in [-0.2, 0) is 15.7 Å².